The summed E-state index contributed by atoms with van der Waals surface area (Å²) in [5.74, 6) is -2.33. The average Bonchev–Trinajstić information content (AvgIpc) is 2.51. The summed E-state index contributed by atoms with van der Waals surface area (Å²) in [7, 11) is 0. The first-order valence-corrected chi connectivity index (χ1v) is 6.41. The smallest absolute Gasteiger partial charge is 0.331 e. The predicted octanol–water partition coefficient (Wildman–Crippen LogP) is 0.390. The fraction of sp³-hybridized carbons (Fsp3) is 0.214. The number of benzene rings is 1. The van der Waals surface area contributed by atoms with Gasteiger partial charge in [0, 0.05) is 17.7 Å². The van der Waals surface area contributed by atoms with E-state index in [9.17, 15) is 24.5 Å². The van der Waals surface area contributed by atoms with Crippen molar-refractivity contribution in [3.8, 4) is 5.75 Å². The van der Waals surface area contributed by atoms with Crippen molar-refractivity contribution in [2.75, 3.05) is 13.1 Å². The van der Waals surface area contributed by atoms with Crippen LogP contribution >= 0.6 is 0 Å². The van der Waals surface area contributed by atoms with E-state index in [-0.39, 0.29) is 17.0 Å². The Balaban J connectivity index is 2.79. The molecule has 0 aliphatic carbocycles. The van der Waals surface area contributed by atoms with Gasteiger partial charge in [-0.15, -0.1) is 0 Å². The molecule has 0 unspecified atom stereocenters. The molecule has 0 saturated heterocycles. The normalized spacial score (nSPS) is 9.83. The number of esters is 1. The van der Waals surface area contributed by atoms with Crippen molar-refractivity contribution in [1.29, 1.82) is 0 Å². The van der Waals surface area contributed by atoms with Gasteiger partial charge in [-0.25, -0.2) is 4.79 Å². The van der Waals surface area contributed by atoms with Crippen molar-refractivity contribution in [1.82, 2.24) is 4.90 Å². The van der Waals surface area contributed by atoms with Gasteiger partial charge in [0.15, 0.2) is 0 Å². The number of non-ortho nitro benzene ring substituents is 1. The third-order valence-electron chi connectivity index (χ3n) is 2.65. The summed E-state index contributed by atoms with van der Waals surface area (Å²) < 4.78 is 4.93. The van der Waals surface area contributed by atoms with Crippen LogP contribution in [-0.2, 0) is 14.4 Å². The molecule has 0 saturated carbocycles. The van der Waals surface area contributed by atoms with Gasteiger partial charge in [0.25, 0.3) is 11.6 Å². The number of rotatable bonds is 6. The van der Waals surface area contributed by atoms with Gasteiger partial charge in [-0.2, -0.15) is 0 Å². The van der Waals surface area contributed by atoms with Crippen LogP contribution < -0.4 is 10.5 Å². The van der Waals surface area contributed by atoms with Crippen LogP contribution in [0, 0.1) is 10.1 Å². The number of hydrogen-bond donors (Lipinski definition) is 1. The highest BCUT2D eigenvalue weighted by atomic mass is 16.6. The van der Waals surface area contributed by atoms with E-state index in [1.165, 1.54) is 19.1 Å². The minimum absolute atomic E-state index is 0.0449. The minimum Gasteiger partial charge on any atom is -0.425 e. The van der Waals surface area contributed by atoms with Crippen molar-refractivity contribution in [3.05, 3.63) is 46.5 Å². The molecule has 0 radical (unpaired) electrons. The number of carbonyl (C=O) groups excluding carboxylic acids is 3. The van der Waals surface area contributed by atoms with Gasteiger partial charge in [0.1, 0.15) is 12.3 Å². The molecule has 1 rings (SSSR count). The van der Waals surface area contributed by atoms with E-state index in [2.05, 4.69) is 6.58 Å². The van der Waals surface area contributed by atoms with Crippen LogP contribution in [0.25, 0.3) is 0 Å². The lowest BCUT2D eigenvalue weighted by molar-refractivity contribution is -0.384. The van der Waals surface area contributed by atoms with Crippen LogP contribution in [0.5, 0.6) is 5.75 Å². The van der Waals surface area contributed by atoms with E-state index in [0.29, 0.717) is 4.90 Å². The Hall–Kier alpha value is -3.07. The molecule has 2 amide bonds. The molecule has 0 spiro atoms. The van der Waals surface area contributed by atoms with Crippen LogP contribution in [0.4, 0.5) is 5.69 Å². The van der Waals surface area contributed by atoms with E-state index in [0.717, 1.165) is 12.1 Å². The molecule has 9 heteroatoms. The second-order valence-corrected chi connectivity index (χ2v) is 4.49. The molecule has 122 valence electrons. The Morgan fingerprint density at radius 2 is 1.87 bits per heavy atom. The van der Waals surface area contributed by atoms with Crippen LogP contribution in [0.3, 0.4) is 0 Å². The van der Waals surface area contributed by atoms with Gasteiger partial charge in [-0.1, -0.05) is 6.58 Å². The number of nitro groups is 1. The Morgan fingerprint density at radius 1 is 1.30 bits per heavy atom. The van der Waals surface area contributed by atoms with Gasteiger partial charge >= 0.3 is 5.97 Å². The molecule has 2 N–H and O–H groups in total. The molecule has 0 atom stereocenters. The van der Waals surface area contributed by atoms with E-state index in [1.54, 1.807) is 0 Å². The second-order valence-electron chi connectivity index (χ2n) is 4.49. The molecule has 9 nitrogen and oxygen atoms in total. The van der Waals surface area contributed by atoms with Crippen molar-refractivity contribution >= 4 is 23.5 Å². The van der Waals surface area contributed by atoms with Crippen molar-refractivity contribution < 1.29 is 24.0 Å². The molecular formula is C14H15N3O6. The standard InChI is InChI=1S/C14H15N3O6/c1-9(2)14(20)16(12(18)7-15)8-13(19)23-11-5-3-10(4-6-11)17(21)22/h3-6H,1,7-8,15H2,2H3. The lowest BCUT2D eigenvalue weighted by Crippen LogP contribution is -2.44. The van der Waals surface area contributed by atoms with Crippen molar-refractivity contribution in [2.45, 2.75) is 6.92 Å². The Bertz CT molecular complexity index is 653. The lowest BCUT2D eigenvalue weighted by atomic mass is 10.3. The van der Waals surface area contributed by atoms with E-state index < -0.39 is 35.8 Å². The lowest BCUT2D eigenvalue weighted by Gasteiger charge is -2.19. The summed E-state index contributed by atoms with van der Waals surface area (Å²) in [6.07, 6.45) is 0. The first kappa shape index (κ1) is 18.0. The Kier molecular flexibility index (Phi) is 6.10. The van der Waals surface area contributed by atoms with Gasteiger partial charge in [0.2, 0.25) is 5.91 Å². The summed E-state index contributed by atoms with van der Waals surface area (Å²) >= 11 is 0. The quantitative estimate of drug-likeness (QED) is 0.263. The third kappa shape index (κ3) is 5.00. The number of hydrogen-bond acceptors (Lipinski definition) is 7. The summed E-state index contributed by atoms with van der Waals surface area (Å²) in [5.41, 5.74) is 5.10. The van der Waals surface area contributed by atoms with Crippen LogP contribution in [-0.4, -0.2) is 40.7 Å². The van der Waals surface area contributed by atoms with E-state index in [1.807, 2.05) is 0 Å². The van der Waals surface area contributed by atoms with Gasteiger partial charge in [-0.05, 0) is 19.1 Å². The maximum absolute atomic E-state index is 11.8. The highest BCUT2D eigenvalue weighted by Crippen LogP contribution is 2.17. The minimum atomic E-state index is -0.893. The van der Waals surface area contributed by atoms with Crippen LogP contribution in [0.2, 0.25) is 0 Å². The summed E-state index contributed by atoms with van der Waals surface area (Å²) in [4.78, 5) is 45.8. The number of nitrogens with zero attached hydrogens (tertiary/aromatic N) is 2. The molecule has 0 bridgehead atoms. The molecule has 1 aromatic rings. The number of imide groups is 1. The maximum atomic E-state index is 11.8. The molecule has 0 aromatic heterocycles. The maximum Gasteiger partial charge on any atom is 0.331 e. The largest absolute Gasteiger partial charge is 0.425 e. The Labute approximate surface area is 131 Å². The van der Waals surface area contributed by atoms with Gasteiger partial charge < -0.3 is 10.5 Å². The van der Waals surface area contributed by atoms with Gasteiger partial charge in [-0.3, -0.25) is 24.6 Å². The predicted molar refractivity (Wildman–Crippen MR) is 79.3 cm³/mol. The molecule has 23 heavy (non-hydrogen) atoms. The van der Waals surface area contributed by atoms with Crippen molar-refractivity contribution in [2.24, 2.45) is 5.73 Å². The summed E-state index contributed by atoms with van der Waals surface area (Å²) in [6, 6.07) is 4.77. The number of carbonyl (C=O) groups is 3. The molecule has 0 fully saturated rings. The fourth-order valence-electron chi connectivity index (χ4n) is 1.54. The zero-order valence-corrected chi connectivity index (χ0v) is 12.4. The van der Waals surface area contributed by atoms with Gasteiger partial charge in [0.05, 0.1) is 11.5 Å². The molecular weight excluding hydrogens is 306 g/mol. The highest BCUT2D eigenvalue weighted by Gasteiger charge is 2.24. The monoisotopic (exact) mass is 321 g/mol. The highest BCUT2D eigenvalue weighted by molar-refractivity contribution is 6.06. The zero-order valence-electron chi connectivity index (χ0n) is 12.4. The summed E-state index contributed by atoms with van der Waals surface area (Å²) in [6.45, 7) is 3.70. The number of nitrogens with two attached hydrogens (primary N) is 1. The third-order valence-corrected chi connectivity index (χ3v) is 2.65. The first-order chi connectivity index (χ1) is 10.8. The van der Waals surface area contributed by atoms with Crippen LogP contribution in [0.15, 0.2) is 36.4 Å². The van der Waals surface area contributed by atoms with Crippen LogP contribution in [0.1, 0.15) is 6.92 Å². The number of nitro benzene ring substituents is 1. The van der Waals surface area contributed by atoms with Crippen molar-refractivity contribution in [3.63, 3.8) is 0 Å². The first-order valence-electron chi connectivity index (χ1n) is 6.41. The number of ether oxygens (including phenoxy) is 1. The second kappa shape index (κ2) is 7.80. The Morgan fingerprint density at radius 3 is 2.30 bits per heavy atom. The topological polar surface area (TPSA) is 133 Å². The van der Waals surface area contributed by atoms with E-state index >= 15 is 0 Å². The molecule has 0 aliphatic heterocycles. The summed E-state index contributed by atoms with van der Waals surface area (Å²) in [5, 5.41) is 10.5. The SMILES string of the molecule is C=C(C)C(=O)N(CC(=O)Oc1ccc([N+](=O)[O-])cc1)C(=O)CN. The fourth-order valence-corrected chi connectivity index (χ4v) is 1.54. The molecule has 0 aliphatic rings. The molecule has 1 aromatic carbocycles. The van der Waals surface area contributed by atoms with E-state index in [4.69, 9.17) is 10.5 Å². The molecule has 0 heterocycles. The zero-order chi connectivity index (χ0) is 17.6. The number of amides is 2. The average molecular weight is 321 g/mol.